The average molecular weight is 224 g/mol. The summed E-state index contributed by atoms with van der Waals surface area (Å²) in [5.41, 5.74) is 0.669. The van der Waals surface area contributed by atoms with Crippen molar-refractivity contribution in [1.29, 1.82) is 0 Å². The quantitative estimate of drug-likeness (QED) is 0.728. The van der Waals surface area contributed by atoms with Gasteiger partial charge in [-0.1, -0.05) is 13.3 Å². The lowest BCUT2D eigenvalue weighted by Gasteiger charge is -2.06. The Morgan fingerprint density at radius 1 is 1.44 bits per heavy atom. The number of rotatable bonds is 6. The van der Waals surface area contributed by atoms with Crippen LogP contribution >= 0.6 is 0 Å². The van der Waals surface area contributed by atoms with Gasteiger partial charge >= 0.3 is 5.97 Å². The smallest absolute Gasteiger partial charge is 0.335 e. The van der Waals surface area contributed by atoms with Crippen LogP contribution in [-0.2, 0) is 11.3 Å². The Hall–Kier alpha value is -1.55. The number of carboxylic acid groups (broad SMARTS) is 1. The van der Waals surface area contributed by atoms with E-state index in [2.05, 4.69) is 6.92 Å². The second-order valence-corrected chi connectivity index (χ2v) is 3.55. The molecule has 0 amide bonds. The van der Waals surface area contributed by atoms with Gasteiger partial charge < -0.3 is 14.9 Å². The fraction of sp³-hybridized carbons (Fsp3) is 0.417. The van der Waals surface area contributed by atoms with Crippen LogP contribution in [0.1, 0.15) is 35.7 Å². The maximum atomic E-state index is 10.7. The van der Waals surface area contributed by atoms with Crippen LogP contribution in [0, 0.1) is 0 Å². The number of ether oxygens (including phenoxy) is 1. The number of aromatic hydroxyl groups is 1. The number of hydrogen-bond donors (Lipinski definition) is 2. The molecule has 0 radical (unpaired) electrons. The minimum atomic E-state index is -1.00. The predicted molar refractivity (Wildman–Crippen MR) is 59.6 cm³/mol. The van der Waals surface area contributed by atoms with Crippen LogP contribution < -0.4 is 0 Å². The van der Waals surface area contributed by atoms with Gasteiger partial charge in [0.15, 0.2) is 0 Å². The Kier molecular flexibility index (Phi) is 4.79. The summed E-state index contributed by atoms with van der Waals surface area (Å²) in [6.07, 6.45) is 2.00. The van der Waals surface area contributed by atoms with Crippen molar-refractivity contribution in [2.75, 3.05) is 6.61 Å². The Labute approximate surface area is 94.5 Å². The number of phenolic OH excluding ortho intramolecular Hbond substituents is 1. The van der Waals surface area contributed by atoms with Gasteiger partial charge in [0.05, 0.1) is 12.2 Å². The van der Waals surface area contributed by atoms with E-state index >= 15 is 0 Å². The van der Waals surface area contributed by atoms with E-state index in [4.69, 9.17) is 9.84 Å². The number of benzene rings is 1. The zero-order valence-corrected chi connectivity index (χ0v) is 9.27. The molecule has 0 saturated heterocycles. The van der Waals surface area contributed by atoms with Crippen LogP contribution in [0.25, 0.3) is 0 Å². The third kappa shape index (κ3) is 3.55. The molecule has 88 valence electrons. The number of unbranched alkanes of at least 4 members (excludes halogenated alkanes) is 1. The minimum absolute atomic E-state index is 0.0708. The van der Waals surface area contributed by atoms with E-state index in [1.807, 2.05) is 0 Å². The summed E-state index contributed by atoms with van der Waals surface area (Å²) in [5, 5.41) is 18.3. The Morgan fingerprint density at radius 3 is 2.81 bits per heavy atom. The van der Waals surface area contributed by atoms with Crippen molar-refractivity contribution < 1.29 is 19.7 Å². The van der Waals surface area contributed by atoms with Crippen LogP contribution in [-0.4, -0.2) is 22.8 Å². The molecular formula is C12H16O4. The lowest BCUT2D eigenvalue weighted by atomic mass is 10.1. The average Bonchev–Trinajstić information content (AvgIpc) is 2.26. The van der Waals surface area contributed by atoms with Crippen LogP contribution in [0.4, 0.5) is 0 Å². The minimum Gasteiger partial charge on any atom is -0.508 e. The highest BCUT2D eigenvalue weighted by Gasteiger charge is 2.07. The Bertz CT molecular complexity index is 360. The number of hydrogen-bond acceptors (Lipinski definition) is 3. The van der Waals surface area contributed by atoms with Gasteiger partial charge in [0.2, 0.25) is 0 Å². The molecule has 0 unspecified atom stereocenters. The van der Waals surface area contributed by atoms with Gasteiger partial charge in [-0.3, -0.25) is 0 Å². The summed E-state index contributed by atoms with van der Waals surface area (Å²) in [6, 6.07) is 4.18. The molecule has 4 nitrogen and oxygen atoms in total. The van der Waals surface area contributed by atoms with E-state index in [1.165, 1.54) is 18.2 Å². The van der Waals surface area contributed by atoms with E-state index in [0.29, 0.717) is 12.2 Å². The highest BCUT2D eigenvalue weighted by atomic mass is 16.5. The van der Waals surface area contributed by atoms with E-state index in [1.54, 1.807) is 0 Å². The molecule has 1 rings (SSSR count). The Morgan fingerprint density at radius 2 is 2.19 bits per heavy atom. The lowest BCUT2D eigenvalue weighted by molar-refractivity contribution is 0.0696. The zero-order valence-electron chi connectivity index (χ0n) is 9.27. The highest BCUT2D eigenvalue weighted by molar-refractivity contribution is 5.88. The molecule has 1 aromatic carbocycles. The second-order valence-electron chi connectivity index (χ2n) is 3.55. The van der Waals surface area contributed by atoms with Crippen LogP contribution in [0.5, 0.6) is 5.75 Å². The predicted octanol–water partition coefficient (Wildman–Crippen LogP) is 2.41. The van der Waals surface area contributed by atoms with Gasteiger partial charge in [-0.25, -0.2) is 4.79 Å². The molecule has 0 aromatic heterocycles. The van der Waals surface area contributed by atoms with Gasteiger partial charge in [0.1, 0.15) is 5.75 Å². The molecule has 0 atom stereocenters. The first-order chi connectivity index (χ1) is 7.65. The molecule has 16 heavy (non-hydrogen) atoms. The van der Waals surface area contributed by atoms with E-state index in [9.17, 15) is 9.90 Å². The van der Waals surface area contributed by atoms with Crippen LogP contribution in [0.3, 0.4) is 0 Å². The van der Waals surface area contributed by atoms with Crippen molar-refractivity contribution in [2.24, 2.45) is 0 Å². The van der Waals surface area contributed by atoms with Gasteiger partial charge in [0.25, 0.3) is 0 Å². The first kappa shape index (κ1) is 12.5. The summed E-state index contributed by atoms with van der Waals surface area (Å²) in [7, 11) is 0. The molecule has 0 aliphatic rings. The SMILES string of the molecule is CCCCOCc1cc(C(=O)O)ccc1O. The molecule has 2 N–H and O–H groups in total. The fourth-order valence-electron chi connectivity index (χ4n) is 1.26. The molecular weight excluding hydrogens is 208 g/mol. The number of carbonyl (C=O) groups is 1. The molecule has 0 heterocycles. The van der Waals surface area contributed by atoms with Gasteiger partial charge in [-0.2, -0.15) is 0 Å². The third-order valence-electron chi connectivity index (χ3n) is 2.23. The van der Waals surface area contributed by atoms with E-state index in [0.717, 1.165) is 12.8 Å². The molecule has 4 heteroatoms. The van der Waals surface area contributed by atoms with Gasteiger partial charge in [-0.05, 0) is 24.6 Å². The van der Waals surface area contributed by atoms with Crippen molar-refractivity contribution in [1.82, 2.24) is 0 Å². The summed E-state index contributed by atoms with van der Waals surface area (Å²) in [5.74, 6) is -0.934. The highest BCUT2D eigenvalue weighted by Crippen LogP contribution is 2.19. The van der Waals surface area contributed by atoms with Gasteiger partial charge in [-0.15, -0.1) is 0 Å². The normalized spacial score (nSPS) is 10.3. The van der Waals surface area contributed by atoms with Crippen molar-refractivity contribution in [3.63, 3.8) is 0 Å². The standard InChI is InChI=1S/C12H16O4/c1-2-3-6-16-8-10-7-9(12(14)15)4-5-11(10)13/h4-5,7,13H,2-3,6,8H2,1H3,(H,14,15). The van der Waals surface area contributed by atoms with Crippen molar-refractivity contribution in [3.8, 4) is 5.75 Å². The summed E-state index contributed by atoms with van der Waals surface area (Å²) in [4.78, 5) is 10.7. The molecule has 0 fully saturated rings. The molecule has 0 aliphatic carbocycles. The van der Waals surface area contributed by atoms with Gasteiger partial charge in [0, 0.05) is 12.2 Å². The monoisotopic (exact) mass is 224 g/mol. The zero-order chi connectivity index (χ0) is 12.0. The maximum Gasteiger partial charge on any atom is 0.335 e. The molecule has 0 spiro atoms. The fourth-order valence-corrected chi connectivity index (χ4v) is 1.26. The van der Waals surface area contributed by atoms with Crippen LogP contribution in [0.2, 0.25) is 0 Å². The second kappa shape index (κ2) is 6.12. The van der Waals surface area contributed by atoms with Crippen molar-refractivity contribution in [3.05, 3.63) is 29.3 Å². The number of carboxylic acids is 1. The summed E-state index contributed by atoms with van der Waals surface area (Å²) >= 11 is 0. The van der Waals surface area contributed by atoms with Crippen molar-refractivity contribution in [2.45, 2.75) is 26.4 Å². The molecule has 1 aromatic rings. The molecule has 0 aliphatic heterocycles. The first-order valence-electron chi connectivity index (χ1n) is 5.28. The molecule has 0 saturated carbocycles. The lowest BCUT2D eigenvalue weighted by Crippen LogP contribution is -2.00. The van der Waals surface area contributed by atoms with E-state index < -0.39 is 5.97 Å². The largest absolute Gasteiger partial charge is 0.508 e. The maximum absolute atomic E-state index is 10.7. The third-order valence-corrected chi connectivity index (χ3v) is 2.23. The van der Waals surface area contributed by atoms with E-state index in [-0.39, 0.29) is 17.9 Å². The topological polar surface area (TPSA) is 66.8 Å². The first-order valence-corrected chi connectivity index (χ1v) is 5.28. The summed E-state index contributed by atoms with van der Waals surface area (Å²) in [6.45, 7) is 2.92. The van der Waals surface area contributed by atoms with Crippen LogP contribution in [0.15, 0.2) is 18.2 Å². The summed E-state index contributed by atoms with van der Waals surface area (Å²) < 4.78 is 5.32. The Balaban J connectivity index is 2.63. The number of aromatic carboxylic acids is 1. The van der Waals surface area contributed by atoms with Crippen molar-refractivity contribution >= 4 is 5.97 Å². The molecule has 0 bridgehead atoms. The number of phenols is 1.